The van der Waals surface area contributed by atoms with Crippen molar-refractivity contribution in [2.75, 3.05) is 18.5 Å². The number of carbonyl (C=O) groups excluding carboxylic acids is 1. The minimum Gasteiger partial charge on any atom is -0.508 e. The third kappa shape index (κ3) is 3.68. The number of carbonyl (C=O) groups is 1. The molecule has 0 aliphatic carbocycles. The lowest BCUT2D eigenvalue weighted by Crippen LogP contribution is -2.24. The molecule has 1 atom stereocenters. The van der Waals surface area contributed by atoms with Crippen molar-refractivity contribution < 1.29 is 19.5 Å². The Morgan fingerprint density at radius 3 is 2.53 bits per heavy atom. The maximum Gasteiger partial charge on any atom is 0.271 e. The van der Waals surface area contributed by atoms with Gasteiger partial charge in [-0.15, -0.1) is 0 Å². The third-order valence-electron chi connectivity index (χ3n) is 6.33. The number of amides is 1. The average Bonchev–Trinajstić information content (AvgIpc) is 3.18. The highest BCUT2D eigenvalue weighted by atomic mass is 16.5. The summed E-state index contributed by atoms with van der Waals surface area (Å²) in [6, 6.07) is 9.19. The summed E-state index contributed by atoms with van der Waals surface area (Å²) in [6.07, 6.45) is 2.01. The zero-order valence-corrected chi connectivity index (χ0v) is 18.8. The number of fused-ring (bicyclic) bond motifs is 1. The van der Waals surface area contributed by atoms with Gasteiger partial charge in [0.15, 0.2) is 11.5 Å². The predicted octanol–water partition coefficient (Wildman–Crippen LogP) is 4.51. The second-order valence-electron chi connectivity index (χ2n) is 8.85. The van der Waals surface area contributed by atoms with Crippen molar-refractivity contribution in [1.29, 1.82) is 0 Å². The van der Waals surface area contributed by atoms with E-state index >= 15 is 0 Å². The Labute approximate surface area is 187 Å². The van der Waals surface area contributed by atoms with Crippen LogP contribution in [0.5, 0.6) is 11.5 Å². The van der Waals surface area contributed by atoms with Gasteiger partial charge in [-0.25, -0.2) is 0 Å². The lowest BCUT2D eigenvalue weighted by atomic mass is 9.87. The monoisotopic (exact) mass is 435 g/mol. The molecule has 7 nitrogen and oxygen atoms in total. The van der Waals surface area contributed by atoms with Crippen LogP contribution in [0.2, 0.25) is 0 Å². The van der Waals surface area contributed by atoms with E-state index in [1.54, 1.807) is 6.07 Å². The number of anilines is 1. The van der Waals surface area contributed by atoms with Gasteiger partial charge in [0.1, 0.15) is 11.5 Å². The van der Waals surface area contributed by atoms with E-state index < -0.39 is 11.8 Å². The van der Waals surface area contributed by atoms with Crippen LogP contribution in [0.1, 0.15) is 72.0 Å². The van der Waals surface area contributed by atoms with E-state index in [0.29, 0.717) is 16.9 Å². The highest BCUT2D eigenvalue weighted by Gasteiger charge is 2.29. The van der Waals surface area contributed by atoms with Gasteiger partial charge in [0, 0.05) is 36.8 Å². The van der Waals surface area contributed by atoms with Gasteiger partial charge in [0.25, 0.3) is 5.91 Å². The molecule has 3 aromatic rings. The summed E-state index contributed by atoms with van der Waals surface area (Å²) >= 11 is 0. The number of primary amides is 1. The van der Waals surface area contributed by atoms with Gasteiger partial charge in [-0.2, -0.15) is 0 Å². The molecule has 1 amide bonds. The Morgan fingerprint density at radius 1 is 1.12 bits per heavy atom. The first-order chi connectivity index (χ1) is 15.2. The fourth-order valence-electron chi connectivity index (χ4n) is 4.55. The number of aromatic nitrogens is 1. The van der Waals surface area contributed by atoms with Crippen LogP contribution in [0, 0.1) is 0 Å². The van der Waals surface area contributed by atoms with Crippen molar-refractivity contribution in [1.82, 2.24) is 5.16 Å². The maximum absolute atomic E-state index is 12.2. The molecule has 1 aliphatic heterocycles. The minimum atomic E-state index is -0.671. The first kappa shape index (κ1) is 21.7. The number of nitrogens with two attached hydrogens (primary N) is 1. The molecule has 0 bridgehead atoms. The highest BCUT2D eigenvalue weighted by Crippen LogP contribution is 2.42. The van der Waals surface area contributed by atoms with Crippen LogP contribution >= 0.6 is 0 Å². The Bertz CT molecular complexity index is 1180. The number of hydrogen-bond acceptors (Lipinski definition) is 6. The molecule has 0 spiro atoms. The van der Waals surface area contributed by atoms with E-state index in [1.807, 2.05) is 32.9 Å². The summed E-state index contributed by atoms with van der Waals surface area (Å²) in [5, 5.41) is 24.8. The lowest BCUT2D eigenvalue weighted by Gasteiger charge is -2.28. The quantitative estimate of drug-likeness (QED) is 0.543. The molecule has 2 aromatic carbocycles. The largest absolute Gasteiger partial charge is 0.508 e. The third-order valence-corrected chi connectivity index (χ3v) is 6.33. The van der Waals surface area contributed by atoms with Gasteiger partial charge in [0.05, 0.1) is 5.56 Å². The molecule has 168 valence electrons. The molecule has 0 saturated heterocycles. The topological polar surface area (TPSA) is 113 Å². The minimum absolute atomic E-state index is 0.0443. The Kier molecular flexibility index (Phi) is 5.59. The molecule has 1 aliphatic rings. The van der Waals surface area contributed by atoms with Crippen molar-refractivity contribution >= 4 is 11.6 Å². The van der Waals surface area contributed by atoms with E-state index in [1.165, 1.54) is 17.3 Å². The fraction of sp³-hybridized carbons (Fsp3) is 0.360. The average molecular weight is 436 g/mol. The molecule has 4 N–H and O–H groups in total. The Balaban J connectivity index is 1.86. The Morgan fingerprint density at radius 2 is 1.84 bits per heavy atom. The molecular weight excluding hydrogens is 406 g/mol. The first-order valence-corrected chi connectivity index (χ1v) is 10.9. The summed E-state index contributed by atoms with van der Waals surface area (Å²) < 4.78 is 5.64. The number of hydrogen-bond donors (Lipinski definition) is 3. The molecule has 4 rings (SSSR count). The summed E-state index contributed by atoms with van der Waals surface area (Å²) in [5.41, 5.74) is 10.7. The van der Waals surface area contributed by atoms with Crippen LogP contribution in [0.25, 0.3) is 11.1 Å². The maximum atomic E-state index is 12.2. The van der Waals surface area contributed by atoms with Crippen molar-refractivity contribution in [3.63, 3.8) is 0 Å². The SMILES string of the molecule is CC(C)c1cc(C(C)c2onc(C(N)=O)c2-c2ccc3c(c2)CCCN3C)c(O)cc1O. The highest BCUT2D eigenvalue weighted by molar-refractivity contribution is 5.98. The number of rotatable bonds is 5. The first-order valence-electron chi connectivity index (χ1n) is 10.9. The number of benzene rings is 2. The van der Waals surface area contributed by atoms with Crippen molar-refractivity contribution in [2.24, 2.45) is 5.73 Å². The standard InChI is InChI=1S/C25H29N3O4/c1-13(2)17-11-18(21(30)12-20(17)29)14(3)24-22(23(25(26)31)27-32-24)16-7-8-19-15(10-16)6-5-9-28(19)4/h7-8,10-14,29-30H,5-6,9H2,1-4H3,(H2,26,31). The number of phenols is 2. The fourth-order valence-corrected chi connectivity index (χ4v) is 4.55. The summed E-state index contributed by atoms with van der Waals surface area (Å²) in [4.78, 5) is 14.4. The molecule has 7 heteroatoms. The van der Waals surface area contributed by atoms with Gasteiger partial charge in [-0.3, -0.25) is 4.79 Å². The molecule has 0 radical (unpaired) electrons. The van der Waals surface area contributed by atoms with Crippen molar-refractivity contribution in [2.45, 2.75) is 45.4 Å². The van der Waals surface area contributed by atoms with Crippen LogP contribution in [0.3, 0.4) is 0 Å². The summed E-state index contributed by atoms with van der Waals surface area (Å²) in [5.74, 6) is -0.595. The van der Waals surface area contributed by atoms with Crippen LogP contribution < -0.4 is 10.6 Å². The van der Waals surface area contributed by atoms with Gasteiger partial charge in [0.2, 0.25) is 0 Å². The molecule has 1 aromatic heterocycles. The van der Waals surface area contributed by atoms with Crippen LogP contribution in [-0.4, -0.2) is 34.9 Å². The van der Waals surface area contributed by atoms with Gasteiger partial charge in [-0.05, 0) is 53.6 Å². The van der Waals surface area contributed by atoms with Crippen molar-refractivity contribution in [3.8, 4) is 22.6 Å². The smallest absolute Gasteiger partial charge is 0.271 e. The van der Waals surface area contributed by atoms with Gasteiger partial charge in [-0.1, -0.05) is 32.0 Å². The number of nitrogens with zero attached hydrogens (tertiary/aromatic N) is 2. The van der Waals surface area contributed by atoms with E-state index in [2.05, 4.69) is 23.2 Å². The number of phenolic OH excluding ortho intramolecular Hbond substituents is 2. The molecule has 0 saturated carbocycles. The number of aryl methyl sites for hydroxylation is 1. The van der Waals surface area contributed by atoms with E-state index in [-0.39, 0.29) is 23.1 Å². The zero-order chi connectivity index (χ0) is 23.2. The van der Waals surface area contributed by atoms with Crippen LogP contribution in [0.4, 0.5) is 5.69 Å². The van der Waals surface area contributed by atoms with Crippen molar-refractivity contribution in [3.05, 3.63) is 58.5 Å². The van der Waals surface area contributed by atoms with Gasteiger partial charge >= 0.3 is 0 Å². The molecule has 0 fully saturated rings. The normalized spacial score (nSPS) is 14.5. The van der Waals surface area contributed by atoms with E-state index in [0.717, 1.165) is 30.5 Å². The number of aromatic hydroxyl groups is 2. The molecular formula is C25H29N3O4. The van der Waals surface area contributed by atoms with Crippen LogP contribution in [0.15, 0.2) is 34.9 Å². The molecule has 2 heterocycles. The second kappa shape index (κ2) is 8.22. The zero-order valence-electron chi connectivity index (χ0n) is 18.8. The molecule has 1 unspecified atom stereocenters. The predicted molar refractivity (Wildman–Crippen MR) is 123 cm³/mol. The molecule has 32 heavy (non-hydrogen) atoms. The van der Waals surface area contributed by atoms with Gasteiger partial charge < -0.3 is 25.4 Å². The van der Waals surface area contributed by atoms with E-state index in [9.17, 15) is 15.0 Å². The Hall–Kier alpha value is -3.48. The second-order valence-corrected chi connectivity index (χ2v) is 8.85. The van der Waals surface area contributed by atoms with Crippen LogP contribution in [-0.2, 0) is 6.42 Å². The summed E-state index contributed by atoms with van der Waals surface area (Å²) in [6.45, 7) is 6.81. The lowest BCUT2D eigenvalue weighted by molar-refractivity contribution is 0.0992. The van der Waals surface area contributed by atoms with E-state index in [4.69, 9.17) is 10.3 Å². The summed E-state index contributed by atoms with van der Waals surface area (Å²) in [7, 11) is 2.07.